The van der Waals surface area contributed by atoms with E-state index in [1.807, 2.05) is 56.2 Å². The predicted octanol–water partition coefficient (Wildman–Crippen LogP) is 3.83. The number of halogens is 2. The zero-order valence-electron chi connectivity index (χ0n) is 17.0. The molecule has 2 aliphatic rings. The van der Waals surface area contributed by atoms with Crippen LogP contribution in [0.1, 0.15) is 48.7 Å². The number of hydrogen-bond acceptors (Lipinski definition) is 2. The first-order valence-electron chi connectivity index (χ1n) is 10.4. The molecule has 2 aliphatic carbocycles. The third kappa shape index (κ3) is 3.66. The summed E-state index contributed by atoms with van der Waals surface area (Å²) < 4.78 is 27.1. The first-order valence-corrected chi connectivity index (χ1v) is 10.4. The maximum atomic E-state index is 13.7. The molecule has 0 radical (unpaired) electrons. The Morgan fingerprint density at radius 1 is 1.20 bits per heavy atom. The Labute approximate surface area is 175 Å². The van der Waals surface area contributed by atoms with Crippen LogP contribution in [0.3, 0.4) is 0 Å². The molecule has 2 amide bonds. The van der Waals surface area contributed by atoms with Gasteiger partial charge in [0.15, 0.2) is 0 Å². The molecular weight excluding hydrogens is 385 g/mol. The second-order valence-corrected chi connectivity index (χ2v) is 8.44. The van der Waals surface area contributed by atoms with Crippen LogP contribution in [0.4, 0.5) is 14.5 Å². The summed E-state index contributed by atoms with van der Waals surface area (Å²) in [5.41, 5.74) is 2.27. The Morgan fingerprint density at radius 3 is 2.67 bits per heavy atom. The van der Waals surface area contributed by atoms with Crippen LogP contribution in [0.25, 0.3) is 0 Å². The number of aryl methyl sites for hydroxylation is 2. The molecule has 4 nitrogen and oxygen atoms in total. The molecule has 0 aliphatic heterocycles. The average Bonchev–Trinajstić information content (AvgIpc) is 3.11. The zero-order chi connectivity index (χ0) is 21.4. The van der Waals surface area contributed by atoms with Gasteiger partial charge in [-0.2, -0.15) is 0 Å². The Morgan fingerprint density at radius 2 is 1.97 bits per heavy atom. The Bertz CT molecular complexity index is 958. The molecule has 1 fully saturated rings. The van der Waals surface area contributed by atoms with Gasteiger partial charge in [0.1, 0.15) is 0 Å². The van der Waals surface area contributed by atoms with Crippen LogP contribution in [-0.2, 0) is 21.5 Å². The fourth-order valence-electron chi connectivity index (χ4n) is 4.83. The molecule has 0 bridgehead atoms. The van der Waals surface area contributed by atoms with Gasteiger partial charge in [-0.1, -0.05) is 0 Å². The van der Waals surface area contributed by atoms with Gasteiger partial charge in [-0.15, -0.1) is 0 Å². The van der Waals surface area contributed by atoms with Gasteiger partial charge in [-0.25, -0.2) is 0 Å². The van der Waals surface area contributed by atoms with Crippen molar-refractivity contribution in [2.24, 2.45) is 0 Å². The van der Waals surface area contributed by atoms with Crippen molar-refractivity contribution in [3.8, 4) is 0 Å². The quantitative estimate of drug-likeness (QED) is 0.762. The molecule has 1 atom stereocenters. The Kier molecular flexibility index (Phi) is 5.47. The number of fused-ring (bicyclic) bond motifs is 1. The number of rotatable bonds is 5. The number of carbonyl (C=O) groups is 2. The molecule has 1 unspecified atom stereocenters. The van der Waals surface area contributed by atoms with Crippen LogP contribution in [-0.4, -0.2) is 31.2 Å². The zero-order valence-corrected chi connectivity index (χ0v) is 17.0. The minimum absolute atomic E-state index is 0.225. The molecule has 0 saturated heterocycles. The predicted molar refractivity (Wildman–Crippen MR) is 113 cm³/mol. The van der Waals surface area contributed by atoms with Gasteiger partial charge >= 0.3 is 175 Å². The first-order chi connectivity index (χ1) is 14.4. The molecule has 7 heteroatoms. The minimum atomic E-state index is -2.66. The number of benzene rings is 1. The van der Waals surface area contributed by atoms with Crippen LogP contribution in [0.15, 0.2) is 42.4 Å². The number of nitrogens with one attached hydrogen (secondary N) is 1. The summed E-state index contributed by atoms with van der Waals surface area (Å²) in [5, 5.41) is 3.01. The summed E-state index contributed by atoms with van der Waals surface area (Å²) in [6, 6.07) is 11.1. The molecule has 1 aromatic carbocycles. The summed E-state index contributed by atoms with van der Waals surface area (Å²) in [7, 11) is 0. The number of hydrogen-bond donors (Lipinski definition) is 1. The number of carbonyl (C=O) groups excluding carboxylic acids is 2. The average molecular weight is 410 g/mol. The number of anilines is 1. The van der Waals surface area contributed by atoms with Crippen molar-refractivity contribution in [1.82, 2.24) is 5.32 Å². The molecule has 156 valence electrons. The third-order valence-corrected chi connectivity index (χ3v) is 6.44. The molecule has 2 aromatic rings. The third-order valence-electron chi connectivity index (χ3n) is 6.44. The Hall–Kier alpha value is -2.57. The molecule has 1 heterocycles. The SMILES string of the molecule is Cc1cccc(N(C=O)C2(C(=O)NC3CCC(F)(F)CC3)CCc3cccbc32)c1. The van der Waals surface area contributed by atoms with Gasteiger partial charge in [0.05, 0.1) is 0 Å². The van der Waals surface area contributed by atoms with Crippen molar-refractivity contribution >= 4 is 24.9 Å². The van der Waals surface area contributed by atoms with Gasteiger partial charge in [0, 0.05) is 0 Å². The van der Waals surface area contributed by atoms with E-state index in [1.54, 1.807) is 0 Å². The van der Waals surface area contributed by atoms with Crippen molar-refractivity contribution < 1.29 is 18.4 Å². The van der Waals surface area contributed by atoms with E-state index in [9.17, 15) is 18.4 Å². The fraction of sp³-hybridized carbons (Fsp3) is 0.435. The van der Waals surface area contributed by atoms with Crippen molar-refractivity contribution in [2.75, 3.05) is 4.90 Å². The van der Waals surface area contributed by atoms with E-state index in [2.05, 4.69) is 5.32 Å². The second kappa shape index (κ2) is 7.93. The Balaban J connectivity index is 1.72. The van der Waals surface area contributed by atoms with Crippen LogP contribution in [0.2, 0.25) is 0 Å². The van der Waals surface area contributed by atoms with Gasteiger partial charge in [-0.05, 0) is 0 Å². The summed E-state index contributed by atoms with van der Waals surface area (Å²) in [6.07, 6.45) is 1.86. The summed E-state index contributed by atoms with van der Waals surface area (Å²) >= 11 is 0. The fourth-order valence-corrected chi connectivity index (χ4v) is 4.83. The summed E-state index contributed by atoms with van der Waals surface area (Å²) in [4.78, 5) is 27.6. The van der Waals surface area contributed by atoms with Gasteiger partial charge < -0.3 is 0 Å². The van der Waals surface area contributed by atoms with E-state index in [1.165, 1.54) is 4.90 Å². The summed E-state index contributed by atoms with van der Waals surface area (Å²) in [6.45, 7) is 3.83. The molecule has 1 N–H and O–H groups in total. The first kappa shape index (κ1) is 20.7. The van der Waals surface area contributed by atoms with Crippen molar-refractivity contribution in [2.45, 2.75) is 63.0 Å². The van der Waals surface area contributed by atoms with Crippen molar-refractivity contribution in [3.63, 3.8) is 0 Å². The van der Waals surface area contributed by atoms with E-state index >= 15 is 0 Å². The topological polar surface area (TPSA) is 49.4 Å². The monoisotopic (exact) mass is 410 g/mol. The van der Waals surface area contributed by atoms with Crippen LogP contribution >= 0.6 is 0 Å². The second-order valence-electron chi connectivity index (χ2n) is 8.44. The molecule has 0 spiro atoms. The van der Waals surface area contributed by atoms with Crippen molar-refractivity contribution in [3.05, 3.63) is 58.9 Å². The van der Waals surface area contributed by atoms with E-state index in [4.69, 9.17) is 0 Å². The molecule has 1 aromatic heterocycles. The van der Waals surface area contributed by atoms with E-state index in [0.717, 1.165) is 16.6 Å². The molecule has 30 heavy (non-hydrogen) atoms. The maximum absolute atomic E-state index is 13.7. The normalized spacial score (nSPS) is 22.8. The molecule has 4 rings (SSSR count). The van der Waals surface area contributed by atoms with Gasteiger partial charge in [-0.3, -0.25) is 0 Å². The molecular formula is C23H25BF2N2O2. The summed E-state index contributed by atoms with van der Waals surface area (Å²) in [5.74, 6) is -1.08. The number of nitrogens with zero attached hydrogens (tertiary/aromatic N) is 1. The standard InChI is InChI=1S/C23H25BF2N2O2/c1-16-4-2-6-19(14-16)28(15-29)23(12-7-17-5-3-13-24-20(17)23)21(30)27-18-8-10-22(25,26)11-9-18/h2-6,13-15,18H,7-12H2,1H3,(H,27,30). The van der Waals surface area contributed by atoms with Gasteiger partial charge in [0.25, 0.3) is 0 Å². The van der Waals surface area contributed by atoms with E-state index < -0.39 is 11.5 Å². The number of amides is 2. The van der Waals surface area contributed by atoms with Crippen LogP contribution in [0.5, 0.6) is 0 Å². The van der Waals surface area contributed by atoms with Crippen LogP contribution < -0.4 is 10.2 Å². The van der Waals surface area contributed by atoms with E-state index in [-0.39, 0.29) is 37.6 Å². The number of alkyl halides is 2. The van der Waals surface area contributed by atoms with Crippen molar-refractivity contribution in [1.29, 1.82) is 0 Å². The van der Waals surface area contributed by atoms with Crippen LogP contribution in [0, 0.1) is 6.92 Å². The molecule has 1 saturated carbocycles. The van der Waals surface area contributed by atoms with Gasteiger partial charge in [0.2, 0.25) is 0 Å². The van der Waals surface area contributed by atoms with E-state index in [0.29, 0.717) is 24.9 Å².